The molecule has 1 saturated heterocycles. The molecule has 3 aliphatic rings. The van der Waals surface area contributed by atoms with Crippen LogP contribution in [0, 0.1) is 0 Å². The third-order valence-electron chi connectivity index (χ3n) is 5.55. The van der Waals surface area contributed by atoms with E-state index in [4.69, 9.17) is 9.26 Å². The fourth-order valence-electron chi connectivity index (χ4n) is 3.82. The molecule has 0 spiro atoms. The Hall–Kier alpha value is -2.34. The second-order valence-electron chi connectivity index (χ2n) is 7.50. The van der Waals surface area contributed by atoms with Gasteiger partial charge in [0.25, 0.3) is 5.91 Å². The second kappa shape index (κ2) is 6.43. The van der Waals surface area contributed by atoms with Crippen LogP contribution in [-0.4, -0.2) is 53.6 Å². The standard InChI is InChI=1S/C20H23N3O3/c24-20(17-12-19(26-21-17)15-2-3-15)23-8-6-22(7-9-23)13-14-1-4-18-16(11-14)5-10-25-18/h1,4,11-12,15H,2-3,5-10,13H2. The quantitative estimate of drug-likeness (QED) is 0.845. The van der Waals surface area contributed by atoms with Crippen molar-refractivity contribution in [1.29, 1.82) is 0 Å². The number of aromatic nitrogens is 1. The molecule has 0 atom stereocenters. The van der Waals surface area contributed by atoms with Gasteiger partial charge in [0.05, 0.1) is 6.61 Å². The molecule has 5 rings (SSSR count). The van der Waals surface area contributed by atoms with E-state index in [1.54, 1.807) is 0 Å². The number of benzene rings is 1. The van der Waals surface area contributed by atoms with Crippen LogP contribution in [0.5, 0.6) is 5.75 Å². The lowest BCUT2D eigenvalue weighted by Crippen LogP contribution is -2.48. The summed E-state index contributed by atoms with van der Waals surface area (Å²) in [5, 5.41) is 3.98. The molecule has 26 heavy (non-hydrogen) atoms. The maximum absolute atomic E-state index is 12.6. The van der Waals surface area contributed by atoms with Crippen LogP contribution in [-0.2, 0) is 13.0 Å². The SMILES string of the molecule is O=C(c1cc(C2CC2)on1)N1CCN(Cc2ccc3c(c2)CCO3)CC1. The third kappa shape index (κ3) is 3.09. The van der Waals surface area contributed by atoms with Gasteiger partial charge in [-0.2, -0.15) is 0 Å². The summed E-state index contributed by atoms with van der Waals surface area (Å²) in [7, 11) is 0. The van der Waals surface area contributed by atoms with Crippen LogP contribution in [0.4, 0.5) is 0 Å². The minimum atomic E-state index is -0.00465. The summed E-state index contributed by atoms with van der Waals surface area (Å²) in [4.78, 5) is 16.9. The molecule has 2 aromatic rings. The topological polar surface area (TPSA) is 58.8 Å². The largest absolute Gasteiger partial charge is 0.493 e. The molecule has 1 saturated carbocycles. The van der Waals surface area contributed by atoms with Crippen LogP contribution >= 0.6 is 0 Å². The Balaban J connectivity index is 1.17. The van der Waals surface area contributed by atoms with Crippen molar-refractivity contribution < 1.29 is 14.1 Å². The molecule has 1 aliphatic carbocycles. The Morgan fingerprint density at radius 2 is 2.00 bits per heavy atom. The molecule has 0 bridgehead atoms. The Labute approximate surface area is 152 Å². The van der Waals surface area contributed by atoms with Gasteiger partial charge in [-0.25, -0.2) is 0 Å². The van der Waals surface area contributed by atoms with Crippen LogP contribution in [0.3, 0.4) is 0 Å². The number of ether oxygens (including phenoxy) is 1. The molecule has 2 fully saturated rings. The van der Waals surface area contributed by atoms with E-state index in [2.05, 4.69) is 28.3 Å². The van der Waals surface area contributed by atoms with E-state index in [9.17, 15) is 4.79 Å². The molecule has 3 heterocycles. The Morgan fingerprint density at radius 1 is 1.15 bits per heavy atom. The van der Waals surface area contributed by atoms with Gasteiger partial charge < -0.3 is 14.2 Å². The van der Waals surface area contributed by atoms with Gasteiger partial charge in [0, 0.05) is 51.1 Å². The monoisotopic (exact) mass is 353 g/mol. The van der Waals surface area contributed by atoms with Crippen molar-refractivity contribution in [2.45, 2.75) is 31.7 Å². The van der Waals surface area contributed by atoms with Gasteiger partial charge in [-0.1, -0.05) is 17.3 Å². The van der Waals surface area contributed by atoms with E-state index in [1.165, 1.54) is 11.1 Å². The Kier molecular flexibility index (Phi) is 3.93. The van der Waals surface area contributed by atoms with E-state index in [0.29, 0.717) is 11.6 Å². The molecule has 6 nitrogen and oxygen atoms in total. The van der Waals surface area contributed by atoms with E-state index in [-0.39, 0.29) is 5.91 Å². The zero-order valence-electron chi connectivity index (χ0n) is 14.8. The first kappa shape index (κ1) is 15.9. The number of nitrogens with zero attached hydrogens (tertiary/aromatic N) is 3. The minimum absolute atomic E-state index is 0.00465. The summed E-state index contributed by atoms with van der Waals surface area (Å²) < 4.78 is 10.9. The van der Waals surface area contributed by atoms with E-state index >= 15 is 0 Å². The number of fused-ring (bicyclic) bond motifs is 1. The van der Waals surface area contributed by atoms with Crippen LogP contribution in [0.1, 0.15) is 46.1 Å². The lowest BCUT2D eigenvalue weighted by molar-refractivity contribution is 0.0618. The number of rotatable bonds is 4. The Morgan fingerprint density at radius 3 is 2.81 bits per heavy atom. The van der Waals surface area contributed by atoms with Crippen LogP contribution in [0.25, 0.3) is 0 Å². The molecule has 1 aromatic carbocycles. The van der Waals surface area contributed by atoms with Gasteiger partial charge in [0.1, 0.15) is 11.5 Å². The lowest BCUT2D eigenvalue weighted by Gasteiger charge is -2.34. The number of piperazine rings is 1. The summed E-state index contributed by atoms with van der Waals surface area (Å²) in [5.41, 5.74) is 3.09. The molecule has 0 radical (unpaired) electrons. The lowest BCUT2D eigenvalue weighted by atomic mass is 10.1. The van der Waals surface area contributed by atoms with Crippen LogP contribution < -0.4 is 4.74 Å². The molecular weight excluding hydrogens is 330 g/mol. The van der Waals surface area contributed by atoms with Crippen molar-refractivity contribution in [3.05, 3.63) is 46.8 Å². The first-order chi connectivity index (χ1) is 12.8. The van der Waals surface area contributed by atoms with Crippen LogP contribution in [0.2, 0.25) is 0 Å². The zero-order valence-corrected chi connectivity index (χ0v) is 14.8. The Bertz CT molecular complexity index is 819. The third-order valence-corrected chi connectivity index (χ3v) is 5.55. The second-order valence-corrected chi connectivity index (χ2v) is 7.50. The molecule has 0 N–H and O–H groups in total. The number of amides is 1. The van der Waals surface area contributed by atoms with Crippen molar-refractivity contribution in [3.63, 3.8) is 0 Å². The molecule has 1 amide bonds. The number of carbonyl (C=O) groups is 1. The van der Waals surface area contributed by atoms with Gasteiger partial charge >= 0.3 is 0 Å². The van der Waals surface area contributed by atoms with Crippen molar-refractivity contribution in [3.8, 4) is 5.75 Å². The number of carbonyl (C=O) groups excluding carboxylic acids is 1. The molecule has 1 aromatic heterocycles. The maximum Gasteiger partial charge on any atom is 0.276 e. The average molecular weight is 353 g/mol. The summed E-state index contributed by atoms with van der Waals surface area (Å²) in [6.45, 7) is 4.95. The van der Waals surface area contributed by atoms with Crippen molar-refractivity contribution in [2.75, 3.05) is 32.8 Å². The van der Waals surface area contributed by atoms with E-state index in [0.717, 1.165) is 70.1 Å². The summed E-state index contributed by atoms with van der Waals surface area (Å²) >= 11 is 0. The summed E-state index contributed by atoms with van der Waals surface area (Å²) in [5.74, 6) is 2.38. The van der Waals surface area contributed by atoms with Crippen molar-refractivity contribution in [1.82, 2.24) is 15.0 Å². The predicted molar refractivity (Wildman–Crippen MR) is 95.3 cm³/mol. The number of hydrogen-bond donors (Lipinski definition) is 0. The minimum Gasteiger partial charge on any atom is -0.493 e. The fraction of sp³-hybridized carbons (Fsp3) is 0.500. The van der Waals surface area contributed by atoms with E-state index in [1.807, 2.05) is 11.0 Å². The molecule has 136 valence electrons. The van der Waals surface area contributed by atoms with Gasteiger partial charge in [-0.15, -0.1) is 0 Å². The highest BCUT2D eigenvalue weighted by Gasteiger charge is 2.30. The highest BCUT2D eigenvalue weighted by Crippen LogP contribution is 2.40. The molecular formula is C20H23N3O3. The highest BCUT2D eigenvalue weighted by atomic mass is 16.5. The van der Waals surface area contributed by atoms with Crippen molar-refractivity contribution in [2.24, 2.45) is 0 Å². The zero-order chi connectivity index (χ0) is 17.5. The smallest absolute Gasteiger partial charge is 0.276 e. The molecule has 6 heteroatoms. The van der Waals surface area contributed by atoms with E-state index < -0.39 is 0 Å². The average Bonchev–Trinajstić information content (AvgIpc) is 3.21. The summed E-state index contributed by atoms with van der Waals surface area (Å²) in [6, 6.07) is 8.32. The van der Waals surface area contributed by atoms with Gasteiger partial charge in [0.15, 0.2) is 5.69 Å². The molecule has 0 unspecified atom stereocenters. The molecule has 2 aliphatic heterocycles. The normalized spacial score (nSPS) is 20.1. The fourth-order valence-corrected chi connectivity index (χ4v) is 3.82. The summed E-state index contributed by atoms with van der Waals surface area (Å²) in [6.07, 6.45) is 3.30. The van der Waals surface area contributed by atoms with Gasteiger partial charge in [-0.05, 0) is 30.0 Å². The van der Waals surface area contributed by atoms with Crippen LogP contribution in [0.15, 0.2) is 28.8 Å². The van der Waals surface area contributed by atoms with Gasteiger partial charge in [0.2, 0.25) is 0 Å². The number of hydrogen-bond acceptors (Lipinski definition) is 5. The first-order valence-electron chi connectivity index (χ1n) is 9.49. The van der Waals surface area contributed by atoms with Crippen molar-refractivity contribution >= 4 is 5.91 Å². The highest BCUT2D eigenvalue weighted by molar-refractivity contribution is 5.92. The maximum atomic E-state index is 12.6. The van der Waals surface area contributed by atoms with Gasteiger partial charge in [-0.3, -0.25) is 9.69 Å². The first-order valence-corrected chi connectivity index (χ1v) is 9.49. The predicted octanol–water partition coefficient (Wildman–Crippen LogP) is 2.44.